The van der Waals surface area contributed by atoms with Crippen LogP contribution in [0.25, 0.3) is 0 Å². The predicted octanol–water partition coefficient (Wildman–Crippen LogP) is 2.51. The number of fused-ring (bicyclic) bond motifs is 2. The number of alkyl halides is 1. The van der Waals surface area contributed by atoms with E-state index < -0.39 is 5.38 Å². The smallest absolute Gasteiger partial charge is 0.265 e. The van der Waals surface area contributed by atoms with Gasteiger partial charge in [0.1, 0.15) is 12.0 Å². The maximum absolute atomic E-state index is 12.0. The highest BCUT2D eigenvalue weighted by Gasteiger charge is 2.43. The van der Waals surface area contributed by atoms with E-state index in [0.29, 0.717) is 6.61 Å². The van der Waals surface area contributed by atoms with Crippen LogP contribution in [0.3, 0.4) is 0 Å². The summed E-state index contributed by atoms with van der Waals surface area (Å²) in [4.78, 5) is 17.7. The van der Waals surface area contributed by atoms with Crippen LogP contribution in [0.15, 0.2) is 42.5 Å². The van der Waals surface area contributed by atoms with Crippen LogP contribution < -0.4 is 0 Å². The number of amides is 1. The summed E-state index contributed by atoms with van der Waals surface area (Å²) in [6.45, 7) is 0.394. The Morgan fingerprint density at radius 3 is 2.83 bits per heavy atom. The third-order valence-corrected chi connectivity index (χ3v) is 3.95. The predicted molar refractivity (Wildman–Crippen MR) is 68.8 cm³/mol. The van der Waals surface area contributed by atoms with E-state index in [0.717, 1.165) is 12.0 Å². The molecule has 18 heavy (non-hydrogen) atoms. The molecule has 3 rings (SSSR count). The minimum atomic E-state index is -0.490. The van der Waals surface area contributed by atoms with Crippen LogP contribution in [0, 0.1) is 5.92 Å². The SMILES string of the molecule is O=C1[C@H](Cl)[C@H]2C=C[C@H](C2)N1OCc1ccccc1. The van der Waals surface area contributed by atoms with Gasteiger partial charge in [0, 0.05) is 5.92 Å². The first-order valence-electron chi connectivity index (χ1n) is 6.08. The lowest BCUT2D eigenvalue weighted by Gasteiger charge is -2.34. The number of hydrogen-bond acceptors (Lipinski definition) is 2. The zero-order valence-electron chi connectivity index (χ0n) is 9.83. The van der Waals surface area contributed by atoms with Crippen LogP contribution in [-0.4, -0.2) is 22.4 Å². The zero-order valence-corrected chi connectivity index (χ0v) is 10.6. The Labute approximate surface area is 111 Å². The van der Waals surface area contributed by atoms with Gasteiger partial charge in [-0.1, -0.05) is 42.5 Å². The van der Waals surface area contributed by atoms with Crippen LogP contribution in [0.4, 0.5) is 0 Å². The standard InChI is InChI=1S/C14H14ClNO2/c15-13-11-6-7-12(8-11)16(14(13)17)18-9-10-4-2-1-3-5-10/h1-7,11-13H,8-9H2/t11-,12+,13+/m0/s1. The van der Waals surface area contributed by atoms with Crippen molar-refractivity contribution in [2.24, 2.45) is 5.92 Å². The first-order chi connectivity index (χ1) is 8.75. The third-order valence-electron chi connectivity index (χ3n) is 3.44. The zero-order chi connectivity index (χ0) is 12.5. The number of halogens is 1. The second-order valence-electron chi connectivity index (χ2n) is 4.68. The molecular weight excluding hydrogens is 250 g/mol. The molecule has 1 aromatic carbocycles. The first-order valence-corrected chi connectivity index (χ1v) is 6.51. The molecule has 94 valence electrons. The third kappa shape index (κ3) is 2.04. The Kier molecular flexibility index (Phi) is 3.10. The maximum atomic E-state index is 12.0. The molecule has 1 aromatic rings. The lowest BCUT2D eigenvalue weighted by atomic mass is 9.98. The molecule has 1 fully saturated rings. The number of allylic oxidation sites excluding steroid dienone is 1. The van der Waals surface area contributed by atoms with Gasteiger partial charge in [-0.05, 0) is 12.0 Å². The molecule has 0 radical (unpaired) electrons. The van der Waals surface area contributed by atoms with Crippen molar-refractivity contribution in [1.29, 1.82) is 0 Å². The quantitative estimate of drug-likeness (QED) is 0.620. The van der Waals surface area contributed by atoms with Crippen molar-refractivity contribution in [3.63, 3.8) is 0 Å². The molecular formula is C14H14ClNO2. The van der Waals surface area contributed by atoms with Crippen molar-refractivity contribution in [2.75, 3.05) is 0 Å². The molecule has 0 unspecified atom stereocenters. The van der Waals surface area contributed by atoms with E-state index in [1.54, 1.807) is 0 Å². The number of nitrogens with zero attached hydrogens (tertiary/aromatic N) is 1. The average Bonchev–Trinajstić information content (AvgIpc) is 2.84. The van der Waals surface area contributed by atoms with E-state index in [9.17, 15) is 4.79 Å². The van der Waals surface area contributed by atoms with E-state index in [1.807, 2.05) is 42.5 Å². The summed E-state index contributed by atoms with van der Waals surface area (Å²) in [6.07, 6.45) is 4.90. The number of hydrogen-bond donors (Lipinski definition) is 0. The summed E-state index contributed by atoms with van der Waals surface area (Å²) in [5, 5.41) is 0.945. The van der Waals surface area contributed by atoms with Crippen molar-refractivity contribution in [3.8, 4) is 0 Å². The van der Waals surface area contributed by atoms with E-state index in [1.165, 1.54) is 5.06 Å². The molecule has 0 saturated carbocycles. The van der Waals surface area contributed by atoms with Gasteiger partial charge in [-0.2, -0.15) is 0 Å². The Morgan fingerprint density at radius 1 is 1.28 bits per heavy atom. The molecule has 0 spiro atoms. The molecule has 0 aromatic heterocycles. The van der Waals surface area contributed by atoms with E-state index in [2.05, 4.69) is 0 Å². The maximum Gasteiger partial charge on any atom is 0.265 e. The Hall–Kier alpha value is -1.32. The molecule has 1 amide bonds. The summed E-state index contributed by atoms with van der Waals surface area (Å²) in [7, 11) is 0. The van der Waals surface area contributed by atoms with Crippen molar-refractivity contribution in [1.82, 2.24) is 5.06 Å². The number of hydroxylamine groups is 2. The molecule has 1 aliphatic heterocycles. The molecule has 1 heterocycles. The van der Waals surface area contributed by atoms with Gasteiger partial charge in [-0.25, -0.2) is 5.06 Å². The fraction of sp³-hybridized carbons (Fsp3) is 0.357. The number of carbonyl (C=O) groups excluding carboxylic acids is 1. The lowest BCUT2D eigenvalue weighted by Crippen LogP contribution is -2.48. The van der Waals surface area contributed by atoms with Crippen molar-refractivity contribution >= 4 is 17.5 Å². The summed E-state index contributed by atoms with van der Waals surface area (Å²) < 4.78 is 0. The Bertz CT molecular complexity index is 474. The largest absolute Gasteiger partial charge is 0.271 e. The van der Waals surface area contributed by atoms with Crippen LogP contribution in [0.2, 0.25) is 0 Å². The number of rotatable bonds is 3. The van der Waals surface area contributed by atoms with Gasteiger partial charge in [-0.15, -0.1) is 11.6 Å². The fourth-order valence-corrected chi connectivity index (χ4v) is 2.73. The highest BCUT2D eigenvalue weighted by molar-refractivity contribution is 6.31. The average molecular weight is 264 g/mol. The monoisotopic (exact) mass is 263 g/mol. The van der Waals surface area contributed by atoms with Crippen molar-refractivity contribution in [3.05, 3.63) is 48.0 Å². The highest BCUT2D eigenvalue weighted by atomic mass is 35.5. The molecule has 2 aliphatic rings. The number of carbonyl (C=O) groups is 1. The molecule has 4 heteroatoms. The first kappa shape index (κ1) is 11.8. The van der Waals surface area contributed by atoms with Gasteiger partial charge in [0.05, 0.1) is 6.04 Å². The Morgan fingerprint density at radius 2 is 2.06 bits per heavy atom. The second-order valence-corrected chi connectivity index (χ2v) is 5.15. The second kappa shape index (κ2) is 4.75. The molecule has 2 bridgehead atoms. The van der Waals surface area contributed by atoms with Gasteiger partial charge in [-0.3, -0.25) is 9.63 Å². The minimum absolute atomic E-state index is 0.0428. The van der Waals surface area contributed by atoms with Gasteiger partial charge in [0.2, 0.25) is 0 Å². The van der Waals surface area contributed by atoms with E-state index in [-0.39, 0.29) is 17.9 Å². The van der Waals surface area contributed by atoms with Crippen LogP contribution in [0.1, 0.15) is 12.0 Å². The van der Waals surface area contributed by atoms with Crippen LogP contribution >= 0.6 is 11.6 Å². The summed E-state index contributed by atoms with van der Waals surface area (Å²) in [5.41, 5.74) is 1.04. The summed E-state index contributed by atoms with van der Waals surface area (Å²) in [6, 6.07) is 9.84. The van der Waals surface area contributed by atoms with Gasteiger partial charge >= 0.3 is 0 Å². The van der Waals surface area contributed by atoms with Crippen LogP contribution in [0.5, 0.6) is 0 Å². The van der Waals surface area contributed by atoms with Crippen molar-refractivity contribution < 1.29 is 9.63 Å². The summed E-state index contributed by atoms with van der Waals surface area (Å²) in [5.74, 6) is 0.0413. The molecule has 3 nitrogen and oxygen atoms in total. The minimum Gasteiger partial charge on any atom is -0.271 e. The molecule has 1 saturated heterocycles. The molecule has 1 aliphatic carbocycles. The van der Waals surface area contributed by atoms with Crippen molar-refractivity contribution in [2.45, 2.75) is 24.4 Å². The lowest BCUT2D eigenvalue weighted by molar-refractivity contribution is -0.206. The fourth-order valence-electron chi connectivity index (χ4n) is 2.44. The van der Waals surface area contributed by atoms with Gasteiger partial charge in [0.15, 0.2) is 0 Å². The van der Waals surface area contributed by atoms with E-state index in [4.69, 9.17) is 16.4 Å². The summed E-state index contributed by atoms with van der Waals surface area (Å²) >= 11 is 6.11. The molecule has 0 N–H and O–H groups in total. The normalized spacial score (nSPS) is 29.9. The van der Waals surface area contributed by atoms with E-state index >= 15 is 0 Å². The van der Waals surface area contributed by atoms with Crippen LogP contribution in [-0.2, 0) is 16.2 Å². The van der Waals surface area contributed by atoms with Gasteiger partial charge in [0.25, 0.3) is 5.91 Å². The van der Waals surface area contributed by atoms with Gasteiger partial charge < -0.3 is 0 Å². The Balaban J connectivity index is 1.69. The molecule has 3 atom stereocenters. The number of piperidine rings is 1. The number of benzene rings is 1. The topological polar surface area (TPSA) is 29.5 Å². The highest BCUT2D eigenvalue weighted by Crippen LogP contribution is 2.35.